The Hall–Kier alpha value is -2.31. The van der Waals surface area contributed by atoms with Gasteiger partial charge in [-0.05, 0) is 49.7 Å². The van der Waals surface area contributed by atoms with Crippen molar-refractivity contribution in [3.05, 3.63) is 59.9 Å². The first-order valence-corrected chi connectivity index (χ1v) is 9.52. The van der Waals surface area contributed by atoms with E-state index in [-0.39, 0.29) is 10.9 Å². The second-order valence-electron chi connectivity index (χ2n) is 6.11. The van der Waals surface area contributed by atoms with Gasteiger partial charge in [0.05, 0.1) is 12.0 Å². The number of ether oxygens (including phenoxy) is 1. The van der Waals surface area contributed by atoms with Gasteiger partial charge < -0.3 is 9.15 Å². The summed E-state index contributed by atoms with van der Waals surface area (Å²) in [4.78, 5) is 0.254. The van der Waals surface area contributed by atoms with Crippen LogP contribution in [-0.4, -0.2) is 21.6 Å². The second-order valence-corrected chi connectivity index (χ2v) is 7.79. The number of fused-ring (bicyclic) bond motifs is 1. The van der Waals surface area contributed by atoms with Crippen molar-refractivity contribution < 1.29 is 17.6 Å². The van der Waals surface area contributed by atoms with Crippen LogP contribution in [0, 0.1) is 6.92 Å². The summed E-state index contributed by atoms with van der Waals surface area (Å²) < 4.78 is 38.9. The number of hydrogen-bond acceptors (Lipinski definition) is 4. The van der Waals surface area contributed by atoms with Crippen molar-refractivity contribution in [1.29, 1.82) is 0 Å². The molecule has 0 amide bonds. The molecule has 2 aromatic carbocycles. The van der Waals surface area contributed by atoms with Crippen LogP contribution in [0.2, 0.25) is 0 Å². The summed E-state index contributed by atoms with van der Waals surface area (Å²) in [6.45, 7) is 3.57. The molecule has 0 radical (unpaired) electrons. The molecule has 1 aromatic heterocycles. The van der Waals surface area contributed by atoms with Crippen molar-refractivity contribution in [2.45, 2.75) is 31.2 Å². The second kappa shape index (κ2) is 6.90. The summed E-state index contributed by atoms with van der Waals surface area (Å²) in [5, 5.41) is 1.01. The highest BCUT2D eigenvalue weighted by Crippen LogP contribution is 2.22. The van der Waals surface area contributed by atoms with Gasteiger partial charge in [0.1, 0.15) is 17.1 Å². The van der Waals surface area contributed by atoms with Gasteiger partial charge in [0.25, 0.3) is 0 Å². The maximum atomic E-state index is 12.6. The van der Waals surface area contributed by atoms with Crippen LogP contribution in [0.5, 0.6) is 5.75 Å². The maximum Gasteiger partial charge on any atom is 0.241 e. The fourth-order valence-corrected chi connectivity index (χ4v) is 4.33. The van der Waals surface area contributed by atoms with Gasteiger partial charge >= 0.3 is 0 Å². The molecule has 1 heterocycles. The Morgan fingerprint density at radius 2 is 1.92 bits per heavy atom. The topological polar surface area (TPSA) is 68.5 Å². The van der Waals surface area contributed by atoms with Crippen LogP contribution in [0.15, 0.2) is 57.8 Å². The van der Waals surface area contributed by atoms with Crippen LogP contribution >= 0.6 is 0 Å². The Bertz CT molecular complexity index is 959. The summed E-state index contributed by atoms with van der Waals surface area (Å²) in [7, 11) is -2.06. The van der Waals surface area contributed by atoms with E-state index in [0.717, 1.165) is 16.7 Å². The third-order valence-electron chi connectivity index (χ3n) is 4.01. The van der Waals surface area contributed by atoms with Gasteiger partial charge in [0.15, 0.2) is 0 Å². The van der Waals surface area contributed by atoms with Crippen molar-refractivity contribution >= 4 is 21.0 Å². The van der Waals surface area contributed by atoms with Gasteiger partial charge in [-0.15, -0.1) is 0 Å². The van der Waals surface area contributed by atoms with Crippen molar-refractivity contribution in [2.75, 3.05) is 7.11 Å². The van der Waals surface area contributed by atoms with Crippen molar-refractivity contribution in [2.24, 2.45) is 0 Å². The highest BCUT2D eigenvalue weighted by atomic mass is 32.2. The fraction of sp³-hybridized carbons (Fsp3) is 0.263. The molecule has 1 N–H and O–H groups in total. The molecule has 0 aliphatic heterocycles. The number of hydrogen-bond donors (Lipinski definition) is 1. The lowest BCUT2D eigenvalue weighted by molar-refractivity contribution is 0.414. The summed E-state index contributed by atoms with van der Waals surface area (Å²) >= 11 is 0. The van der Waals surface area contributed by atoms with E-state index in [1.807, 2.05) is 37.3 Å². The number of sulfonamides is 1. The van der Waals surface area contributed by atoms with E-state index in [2.05, 4.69) is 4.72 Å². The number of rotatable bonds is 6. The fourth-order valence-electron chi connectivity index (χ4n) is 2.86. The van der Waals surface area contributed by atoms with Crippen LogP contribution in [0.1, 0.15) is 18.2 Å². The summed E-state index contributed by atoms with van der Waals surface area (Å²) in [5.41, 5.74) is 1.45. The zero-order chi connectivity index (χ0) is 18.0. The average Bonchev–Trinajstić information content (AvgIpc) is 2.95. The van der Waals surface area contributed by atoms with Gasteiger partial charge in [-0.1, -0.05) is 18.2 Å². The Kier molecular flexibility index (Phi) is 4.83. The predicted molar refractivity (Wildman–Crippen MR) is 97.4 cm³/mol. The van der Waals surface area contributed by atoms with Crippen molar-refractivity contribution in [1.82, 2.24) is 4.72 Å². The van der Waals surface area contributed by atoms with Gasteiger partial charge in [0.2, 0.25) is 10.0 Å². The lowest BCUT2D eigenvalue weighted by atomic mass is 10.2. The van der Waals surface area contributed by atoms with Gasteiger partial charge in [-0.2, -0.15) is 0 Å². The van der Waals surface area contributed by atoms with Gasteiger partial charge in [0, 0.05) is 17.8 Å². The predicted octanol–water partition coefficient (Wildman–Crippen LogP) is 3.66. The monoisotopic (exact) mass is 359 g/mol. The largest absolute Gasteiger partial charge is 0.497 e. The van der Waals surface area contributed by atoms with Gasteiger partial charge in [-0.3, -0.25) is 0 Å². The van der Waals surface area contributed by atoms with E-state index < -0.39 is 10.0 Å². The molecule has 25 heavy (non-hydrogen) atoms. The van der Waals surface area contributed by atoms with E-state index in [9.17, 15) is 8.42 Å². The molecule has 0 saturated heterocycles. The molecule has 5 nitrogen and oxygen atoms in total. The van der Waals surface area contributed by atoms with E-state index in [0.29, 0.717) is 17.7 Å². The molecule has 0 bridgehead atoms. The van der Waals surface area contributed by atoms with E-state index >= 15 is 0 Å². The Morgan fingerprint density at radius 3 is 2.60 bits per heavy atom. The zero-order valence-corrected chi connectivity index (χ0v) is 15.3. The highest BCUT2D eigenvalue weighted by Gasteiger charge is 2.21. The maximum absolute atomic E-state index is 12.6. The average molecular weight is 359 g/mol. The number of methoxy groups -OCH3 is 1. The van der Waals surface area contributed by atoms with Crippen LogP contribution in [-0.2, 0) is 16.4 Å². The first-order chi connectivity index (χ1) is 11.9. The minimum Gasteiger partial charge on any atom is -0.497 e. The molecule has 6 heteroatoms. The molecule has 0 aliphatic carbocycles. The molecule has 0 spiro atoms. The van der Waals surface area contributed by atoms with E-state index in [1.165, 1.54) is 0 Å². The summed E-state index contributed by atoms with van der Waals surface area (Å²) in [6, 6.07) is 14.3. The van der Waals surface area contributed by atoms with E-state index in [4.69, 9.17) is 9.15 Å². The third-order valence-corrected chi connectivity index (χ3v) is 5.76. The lowest BCUT2D eigenvalue weighted by Crippen LogP contribution is -2.34. The molecular weight excluding hydrogens is 338 g/mol. The van der Waals surface area contributed by atoms with Crippen LogP contribution in [0.4, 0.5) is 0 Å². The number of furan rings is 1. The standard InChI is InChI=1S/C19H21NO4S/c1-13-10-16(23-3)8-9-19(13)25(21,22)20-14(2)11-17-12-15-6-4-5-7-18(15)24-17/h4-10,12,14,20H,11H2,1-3H3/t14-/m1/s1. The Balaban J connectivity index is 1.75. The Morgan fingerprint density at radius 1 is 1.16 bits per heavy atom. The van der Waals surface area contributed by atoms with E-state index in [1.54, 1.807) is 32.2 Å². The van der Waals surface area contributed by atoms with Crippen LogP contribution in [0.3, 0.4) is 0 Å². The molecule has 3 aromatic rings. The van der Waals surface area contributed by atoms with Crippen LogP contribution in [0.25, 0.3) is 11.0 Å². The highest BCUT2D eigenvalue weighted by molar-refractivity contribution is 7.89. The Labute approximate surface area is 147 Å². The molecule has 0 unspecified atom stereocenters. The lowest BCUT2D eigenvalue weighted by Gasteiger charge is -2.15. The molecule has 0 saturated carbocycles. The zero-order valence-electron chi connectivity index (χ0n) is 14.4. The first-order valence-electron chi connectivity index (χ1n) is 8.03. The quantitative estimate of drug-likeness (QED) is 0.729. The van der Waals surface area contributed by atoms with Gasteiger partial charge in [-0.25, -0.2) is 13.1 Å². The summed E-state index contributed by atoms with van der Waals surface area (Å²) in [6.07, 6.45) is 0.475. The molecular formula is C19H21NO4S. The summed E-state index contributed by atoms with van der Waals surface area (Å²) in [5.74, 6) is 1.38. The molecule has 1 atom stereocenters. The van der Waals surface area contributed by atoms with Crippen molar-refractivity contribution in [3.8, 4) is 5.75 Å². The SMILES string of the molecule is COc1ccc(S(=O)(=O)N[C@H](C)Cc2cc3ccccc3o2)c(C)c1. The molecule has 0 fully saturated rings. The molecule has 0 aliphatic rings. The van der Waals surface area contributed by atoms with Crippen LogP contribution < -0.4 is 9.46 Å². The van der Waals surface area contributed by atoms with Crippen molar-refractivity contribution in [3.63, 3.8) is 0 Å². The third kappa shape index (κ3) is 3.86. The minimum atomic E-state index is -3.61. The number of benzene rings is 2. The first kappa shape index (κ1) is 17.5. The minimum absolute atomic E-state index is 0.254. The number of nitrogens with one attached hydrogen (secondary N) is 1. The molecule has 3 rings (SSSR count). The molecule has 132 valence electrons. The normalized spacial score (nSPS) is 13.1. The number of aryl methyl sites for hydroxylation is 1. The smallest absolute Gasteiger partial charge is 0.241 e. The number of para-hydroxylation sites is 1.